The highest BCUT2D eigenvalue weighted by atomic mass is 14.9. The first-order valence-corrected chi connectivity index (χ1v) is 7.96. The molecule has 2 aromatic rings. The molecule has 0 radical (unpaired) electrons. The third-order valence-corrected chi connectivity index (χ3v) is 4.42. The van der Waals surface area contributed by atoms with E-state index in [1.807, 2.05) is 0 Å². The van der Waals surface area contributed by atoms with E-state index in [4.69, 9.17) is 0 Å². The van der Waals surface area contributed by atoms with Crippen LogP contribution in [0.4, 0.5) is 0 Å². The van der Waals surface area contributed by atoms with Crippen molar-refractivity contribution in [3.63, 3.8) is 0 Å². The van der Waals surface area contributed by atoms with Gasteiger partial charge in [-0.1, -0.05) is 29.8 Å². The van der Waals surface area contributed by atoms with Gasteiger partial charge in [-0.25, -0.2) is 0 Å². The summed E-state index contributed by atoms with van der Waals surface area (Å²) in [5.74, 6) is 0. The fraction of sp³-hybridized carbons (Fsp3) is 0.400. The molecule has 0 heterocycles. The largest absolute Gasteiger partial charge is 0.310 e. The number of benzene rings is 2. The van der Waals surface area contributed by atoms with E-state index in [2.05, 4.69) is 63.3 Å². The number of hydrogen-bond donors (Lipinski definition) is 1. The average molecular weight is 279 g/mol. The molecule has 1 aliphatic rings. The fourth-order valence-electron chi connectivity index (χ4n) is 3.20. The van der Waals surface area contributed by atoms with Crippen molar-refractivity contribution in [2.45, 2.75) is 53.1 Å². The van der Waals surface area contributed by atoms with Crippen molar-refractivity contribution in [1.29, 1.82) is 0 Å². The Balaban J connectivity index is 1.98. The summed E-state index contributed by atoms with van der Waals surface area (Å²) in [5, 5.41) is 3.61. The Morgan fingerprint density at radius 3 is 2.19 bits per heavy atom. The predicted octanol–water partition coefficient (Wildman–Crippen LogP) is 4.84. The van der Waals surface area contributed by atoms with Crippen LogP contribution >= 0.6 is 0 Å². The number of rotatable bonds is 4. The van der Waals surface area contributed by atoms with Gasteiger partial charge in [0.2, 0.25) is 0 Å². The van der Waals surface area contributed by atoms with Crippen LogP contribution in [-0.4, -0.2) is 6.04 Å². The zero-order valence-electron chi connectivity index (χ0n) is 13.6. The molecule has 0 unspecified atom stereocenters. The Hall–Kier alpha value is -1.60. The molecule has 0 aliphatic heterocycles. The normalized spacial score (nSPS) is 14.5. The van der Waals surface area contributed by atoms with Crippen molar-refractivity contribution in [3.05, 3.63) is 58.1 Å². The summed E-state index contributed by atoms with van der Waals surface area (Å²) in [6.07, 6.45) is 2.68. The maximum atomic E-state index is 3.61. The summed E-state index contributed by atoms with van der Waals surface area (Å²) in [5.41, 5.74) is 9.65. The molecule has 0 aromatic heterocycles. The van der Waals surface area contributed by atoms with Crippen molar-refractivity contribution in [1.82, 2.24) is 5.32 Å². The third-order valence-electron chi connectivity index (χ3n) is 4.42. The molecule has 1 N–H and O–H groups in total. The molecule has 0 bridgehead atoms. The SMILES string of the molecule is Cc1cc(C)c(-c2cc(CNC3CC3)ccc2C)c(C)c1. The lowest BCUT2D eigenvalue weighted by atomic mass is 9.90. The van der Waals surface area contributed by atoms with Gasteiger partial charge >= 0.3 is 0 Å². The van der Waals surface area contributed by atoms with Gasteiger partial charge in [-0.05, 0) is 80.0 Å². The van der Waals surface area contributed by atoms with Gasteiger partial charge in [0.1, 0.15) is 0 Å². The van der Waals surface area contributed by atoms with Crippen LogP contribution in [-0.2, 0) is 6.54 Å². The van der Waals surface area contributed by atoms with Gasteiger partial charge in [0.15, 0.2) is 0 Å². The van der Waals surface area contributed by atoms with Gasteiger partial charge in [-0.15, -0.1) is 0 Å². The number of nitrogens with one attached hydrogen (secondary N) is 1. The molecular weight excluding hydrogens is 254 g/mol. The Morgan fingerprint density at radius 1 is 0.905 bits per heavy atom. The van der Waals surface area contributed by atoms with Crippen LogP contribution in [0.2, 0.25) is 0 Å². The Morgan fingerprint density at radius 2 is 1.57 bits per heavy atom. The standard InChI is InChI=1S/C20H25N/c1-13-9-15(3)20(16(4)10-13)19-11-17(6-5-14(19)2)12-21-18-7-8-18/h5-6,9-11,18,21H,7-8,12H2,1-4H3. The summed E-state index contributed by atoms with van der Waals surface area (Å²) >= 11 is 0. The molecule has 1 fully saturated rings. The Kier molecular flexibility index (Phi) is 3.86. The van der Waals surface area contributed by atoms with Crippen molar-refractivity contribution in [2.75, 3.05) is 0 Å². The van der Waals surface area contributed by atoms with Crippen LogP contribution in [0.5, 0.6) is 0 Å². The molecule has 110 valence electrons. The molecule has 1 heteroatoms. The molecule has 21 heavy (non-hydrogen) atoms. The maximum Gasteiger partial charge on any atom is 0.0208 e. The van der Waals surface area contributed by atoms with E-state index in [-0.39, 0.29) is 0 Å². The minimum Gasteiger partial charge on any atom is -0.310 e. The molecule has 2 aromatic carbocycles. The van der Waals surface area contributed by atoms with Gasteiger partial charge in [0, 0.05) is 12.6 Å². The second kappa shape index (κ2) is 5.65. The highest BCUT2D eigenvalue weighted by Crippen LogP contribution is 2.31. The molecule has 0 spiro atoms. The molecule has 0 amide bonds. The van der Waals surface area contributed by atoms with Gasteiger partial charge in [0.05, 0.1) is 0 Å². The average Bonchev–Trinajstić information content (AvgIpc) is 3.22. The van der Waals surface area contributed by atoms with Crippen LogP contribution in [0.1, 0.15) is 40.7 Å². The van der Waals surface area contributed by atoms with Crippen molar-refractivity contribution < 1.29 is 0 Å². The van der Waals surface area contributed by atoms with E-state index in [0.29, 0.717) is 0 Å². The van der Waals surface area contributed by atoms with Gasteiger partial charge in [-0.3, -0.25) is 0 Å². The Bertz CT molecular complexity index is 643. The molecule has 1 nitrogen and oxygen atoms in total. The quantitative estimate of drug-likeness (QED) is 0.844. The number of hydrogen-bond acceptors (Lipinski definition) is 1. The van der Waals surface area contributed by atoms with Gasteiger partial charge in [0.25, 0.3) is 0 Å². The summed E-state index contributed by atoms with van der Waals surface area (Å²) in [6.45, 7) is 9.83. The van der Waals surface area contributed by atoms with E-state index < -0.39 is 0 Å². The molecule has 1 saturated carbocycles. The van der Waals surface area contributed by atoms with Crippen LogP contribution in [0.15, 0.2) is 30.3 Å². The van der Waals surface area contributed by atoms with Crippen LogP contribution < -0.4 is 5.32 Å². The topological polar surface area (TPSA) is 12.0 Å². The van der Waals surface area contributed by atoms with Crippen molar-refractivity contribution in [3.8, 4) is 11.1 Å². The monoisotopic (exact) mass is 279 g/mol. The molecular formula is C20H25N. The number of aryl methyl sites for hydroxylation is 4. The smallest absolute Gasteiger partial charge is 0.0208 e. The molecule has 3 rings (SSSR count). The molecule has 0 atom stereocenters. The first-order valence-electron chi connectivity index (χ1n) is 7.96. The zero-order valence-corrected chi connectivity index (χ0v) is 13.6. The first kappa shape index (κ1) is 14.3. The summed E-state index contributed by atoms with van der Waals surface area (Å²) in [4.78, 5) is 0. The highest BCUT2D eigenvalue weighted by molar-refractivity contribution is 5.74. The van der Waals surface area contributed by atoms with Crippen LogP contribution in [0.25, 0.3) is 11.1 Å². The lowest BCUT2D eigenvalue weighted by Gasteiger charge is -2.15. The Labute approximate surface area is 128 Å². The van der Waals surface area contributed by atoms with E-state index in [1.165, 1.54) is 51.8 Å². The van der Waals surface area contributed by atoms with Crippen LogP contribution in [0, 0.1) is 27.7 Å². The van der Waals surface area contributed by atoms with Crippen molar-refractivity contribution >= 4 is 0 Å². The van der Waals surface area contributed by atoms with Gasteiger partial charge in [-0.2, -0.15) is 0 Å². The first-order chi connectivity index (χ1) is 10.0. The van der Waals surface area contributed by atoms with Crippen LogP contribution in [0.3, 0.4) is 0 Å². The lowest BCUT2D eigenvalue weighted by Crippen LogP contribution is -2.15. The summed E-state index contributed by atoms with van der Waals surface area (Å²) in [7, 11) is 0. The fourth-order valence-corrected chi connectivity index (χ4v) is 3.20. The van der Waals surface area contributed by atoms with E-state index in [9.17, 15) is 0 Å². The summed E-state index contributed by atoms with van der Waals surface area (Å²) < 4.78 is 0. The molecule has 0 saturated heterocycles. The maximum absolute atomic E-state index is 3.61. The van der Waals surface area contributed by atoms with Gasteiger partial charge < -0.3 is 5.32 Å². The lowest BCUT2D eigenvalue weighted by molar-refractivity contribution is 0.688. The predicted molar refractivity (Wildman–Crippen MR) is 90.7 cm³/mol. The summed E-state index contributed by atoms with van der Waals surface area (Å²) in [6, 6.07) is 12.2. The van der Waals surface area contributed by atoms with E-state index >= 15 is 0 Å². The highest BCUT2D eigenvalue weighted by Gasteiger charge is 2.20. The van der Waals surface area contributed by atoms with E-state index in [1.54, 1.807) is 0 Å². The minimum atomic E-state index is 0.762. The second-order valence-electron chi connectivity index (χ2n) is 6.58. The second-order valence-corrected chi connectivity index (χ2v) is 6.58. The van der Waals surface area contributed by atoms with E-state index in [0.717, 1.165) is 12.6 Å². The zero-order chi connectivity index (χ0) is 15.0. The third kappa shape index (κ3) is 3.19. The molecule has 1 aliphatic carbocycles. The minimum absolute atomic E-state index is 0.762. The van der Waals surface area contributed by atoms with Crippen molar-refractivity contribution in [2.24, 2.45) is 0 Å².